The van der Waals surface area contributed by atoms with Gasteiger partial charge in [-0.15, -0.1) is 0 Å². The minimum Gasteiger partial charge on any atom is -0.311 e. The molecule has 0 unspecified atom stereocenters. The third-order valence-corrected chi connectivity index (χ3v) is 21.7. The van der Waals surface area contributed by atoms with Gasteiger partial charge in [0.05, 0.1) is 5.69 Å². The molecule has 0 radical (unpaired) electrons. The summed E-state index contributed by atoms with van der Waals surface area (Å²) < 4.78 is 28.8. The van der Waals surface area contributed by atoms with Crippen molar-refractivity contribution < 1.29 is 4.11 Å². The minimum atomic E-state index is -2.44. The molecule has 0 atom stereocenters. The van der Waals surface area contributed by atoms with E-state index in [0.717, 1.165) is 82.3 Å². The number of hydrogen-bond acceptors (Lipinski definition) is 3. The Bertz CT molecular complexity index is 4220. The number of aryl methyl sites for hydroxylation is 3. The maximum atomic E-state index is 9.59. The standard InChI is InChI=1S/C82H96BN3/c1-49-41-70-74-71(42-49)86(67-36-32-59(77(10,11)12)72-56-25-23-24-26-57(56)82(21,22)73(67)72)68-46-55(84(65-34-27-52(43-50(65)2)75(4,5)6)66-35-28-53(44-51(66)3)76(7,8)9)30-33-63(68)83(74)64-47-61-62(81(19,20)40-39-80(61,17)18)48-69(64)85(70)54-29-31-58-60(45-54)79(15,16)38-37-78(58,13)14/h23-36,41-48H,37-40H2,1-22H3/i1D3. The topological polar surface area (TPSA) is 9.72 Å². The highest BCUT2D eigenvalue weighted by Crippen LogP contribution is 2.59. The first-order chi connectivity index (χ1) is 41.2. The molecule has 86 heavy (non-hydrogen) atoms. The summed E-state index contributed by atoms with van der Waals surface area (Å²) in [7, 11) is 0. The Morgan fingerprint density at radius 3 is 1.55 bits per heavy atom. The summed E-state index contributed by atoms with van der Waals surface area (Å²) in [5.74, 6) is 0. The molecule has 8 aromatic rings. The van der Waals surface area contributed by atoms with Crippen LogP contribution in [0.3, 0.4) is 0 Å². The van der Waals surface area contributed by atoms with Crippen LogP contribution in [0.15, 0.2) is 133 Å². The second kappa shape index (κ2) is 18.9. The van der Waals surface area contributed by atoms with Crippen LogP contribution in [0.4, 0.5) is 51.2 Å². The largest absolute Gasteiger partial charge is 0.311 e. The van der Waals surface area contributed by atoms with E-state index >= 15 is 0 Å². The van der Waals surface area contributed by atoms with E-state index in [0.29, 0.717) is 5.56 Å². The Hall–Kier alpha value is -6.78. The highest BCUT2D eigenvalue weighted by atomic mass is 15.2. The number of rotatable bonds is 5. The summed E-state index contributed by atoms with van der Waals surface area (Å²) in [5.41, 5.74) is 29.5. The van der Waals surface area contributed by atoms with Crippen molar-refractivity contribution in [2.45, 2.75) is 221 Å². The molecule has 2 aliphatic heterocycles. The van der Waals surface area contributed by atoms with Crippen LogP contribution in [0.5, 0.6) is 0 Å². The molecule has 0 saturated heterocycles. The zero-order valence-electron chi connectivity index (χ0n) is 58.9. The Morgan fingerprint density at radius 2 is 0.988 bits per heavy atom. The summed E-state index contributed by atoms with van der Waals surface area (Å²) in [6, 6.07) is 51.8. The van der Waals surface area contributed by atoms with Gasteiger partial charge in [0.15, 0.2) is 0 Å². The van der Waals surface area contributed by atoms with E-state index in [1.54, 1.807) is 0 Å². The molecule has 0 saturated carbocycles. The normalized spacial score (nSPS) is 18.8. The van der Waals surface area contributed by atoms with Gasteiger partial charge in [-0.05, 0) is 239 Å². The van der Waals surface area contributed by atoms with Gasteiger partial charge in [-0.2, -0.15) is 0 Å². The van der Waals surface area contributed by atoms with Crippen molar-refractivity contribution in [3.8, 4) is 11.1 Å². The van der Waals surface area contributed by atoms with Gasteiger partial charge in [-0.1, -0.05) is 204 Å². The molecule has 13 rings (SSSR count). The molecule has 2 heterocycles. The molecular weight excluding hydrogens is 1040 g/mol. The van der Waals surface area contributed by atoms with E-state index < -0.39 is 12.3 Å². The Balaban J connectivity index is 1.19. The van der Waals surface area contributed by atoms with E-state index in [-0.39, 0.29) is 44.6 Å². The van der Waals surface area contributed by atoms with Crippen LogP contribution in [-0.4, -0.2) is 6.71 Å². The van der Waals surface area contributed by atoms with Crippen LogP contribution < -0.4 is 31.1 Å². The molecule has 0 fully saturated rings. The van der Waals surface area contributed by atoms with Crippen molar-refractivity contribution in [2.24, 2.45) is 0 Å². The summed E-state index contributed by atoms with van der Waals surface area (Å²) in [6.07, 6.45) is 4.37. The molecule has 5 aliphatic rings. The van der Waals surface area contributed by atoms with Crippen molar-refractivity contribution in [2.75, 3.05) is 14.7 Å². The number of fused-ring (bicyclic) bond motifs is 9. The van der Waals surface area contributed by atoms with Crippen LogP contribution in [-0.2, 0) is 43.3 Å². The molecule has 8 aromatic carbocycles. The second-order valence-corrected chi connectivity index (χ2v) is 33.1. The molecule has 0 aromatic heterocycles. The molecule has 0 bridgehead atoms. The third-order valence-electron chi connectivity index (χ3n) is 21.7. The lowest BCUT2D eigenvalue weighted by molar-refractivity contribution is 0.332. The van der Waals surface area contributed by atoms with Gasteiger partial charge >= 0.3 is 0 Å². The maximum Gasteiger partial charge on any atom is 0.252 e. The van der Waals surface area contributed by atoms with Crippen molar-refractivity contribution in [3.05, 3.63) is 200 Å². The monoisotopic (exact) mass is 1140 g/mol. The summed E-state index contributed by atoms with van der Waals surface area (Å²) in [6.45, 7) is 46.9. The maximum absolute atomic E-state index is 9.59. The number of anilines is 9. The molecule has 3 aliphatic carbocycles. The van der Waals surface area contributed by atoms with Crippen LogP contribution in [0.25, 0.3) is 11.1 Å². The Morgan fingerprint density at radius 1 is 0.453 bits per heavy atom. The van der Waals surface area contributed by atoms with E-state index in [4.69, 9.17) is 0 Å². The Labute approximate surface area is 523 Å². The predicted molar refractivity (Wildman–Crippen MR) is 374 cm³/mol. The lowest BCUT2D eigenvalue weighted by Crippen LogP contribution is -2.62. The predicted octanol–water partition coefficient (Wildman–Crippen LogP) is 21.1. The van der Waals surface area contributed by atoms with Gasteiger partial charge < -0.3 is 14.7 Å². The highest BCUT2D eigenvalue weighted by molar-refractivity contribution is 7.00. The zero-order valence-corrected chi connectivity index (χ0v) is 55.9. The number of benzene rings is 8. The van der Waals surface area contributed by atoms with Crippen LogP contribution in [0, 0.1) is 20.7 Å². The van der Waals surface area contributed by atoms with Crippen LogP contribution in [0.2, 0.25) is 0 Å². The fourth-order valence-electron chi connectivity index (χ4n) is 16.3. The first kappa shape index (κ1) is 54.6. The van der Waals surface area contributed by atoms with E-state index in [1.165, 1.54) is 83.3 Å². The second-order valence-electron chi connectivity index (χ2n) is 33.1. The summed E-state index contributed by atoms with van der Waals surface area (Å²) in [5, 5.41) is 0. The third kappa shape index (κ3) is 8.85. The van der Waals surface area contributed by atoms with E-state index in [9.17, 15) is 4.11 Å². The molecule has 442 valence electrons. The van der Waals surface area contributed by atoms with Gasteiger partial charge in [0, 0.05) is 55.0 Å². The van der Waals surface area contributed by atoms with Gasteiger partial charge in [-0.25, -0.2) is 0 Å². The lowest BCUT2D eigenvalue weighted by atomic mass is 9.33. The van der Waals surface area contributed by atoms with Gasteiger partial charge in [0.2, 0.25) is 0 Å². The van der Waals surface area contributed by atoms with Crippen molar-refractivity contribution in [1.82, 2.24) is 0 Å². The van der Waals surface area contributed by atoms with Crippen molar-refractivity contribution in [3.63, 3.8) is 0 Å². The van der Waals surface area contributed by atoms with E-state index in [1.807, 2.05) is 0 Å². The molecular formula is C82H96BN3. The lowest BCUT2D eigenvalue weighted by Gasteiger charge is -2.48. The average molecular weight is 1140 g/mol. The quantitative estimate of drug-likeness (QED) is 0.159. The summed E-state index contributed by atoms with van der Waals surface area (Å²) in [4.78, 5) is 7.56. The molecule has 4 heteroatoms. The highest BCUT2D eigenvalue weighted by Gasteiger charge is 2.50. The number of hydrogen-bond donors (Lipinski definition) is 0. The van der Waals surface area contributed by atoms with Crippen LogP contribution >= 0.6 is 0 Å². The van der Waals surface area contributed by atoms with Crippen LogP contribution in [0.1, 0.15) is 228 Å². The first-order valence-electron chi connectivity index (χ1n) is 33.8. The van der Waals surface area contributed by atoms with Gasteiger partial charge in [-0.3, -0.25) is 0 Å². The number of nitrogens with zero attached hydrogens (tertiary/aromatic N) is 3. The minimum absolute atomic E-state index is 0.0152. The average Bonchev–Trinajstić information content (AvgIpc) is 1.53. The van der Waals surface area contributed by atoms with Gasteiger partial charge in [0.1, 0.15) is 0 Å². The first-order valence-corrected chi connectivity index (χ1v) is 32.3. The molecule has 3 nitrogen and oxygen atoms in total. The van der Waals surface area contributed by atoms with Crippen molar-refractivity contribution in [1.29, 1.82) is 0 Å². The fourth-order valence-corrected chi connectivity index (χ4v) is 16.3. The smallest absolute Gasteiger partial charge is 0.252 e. The molecule has 0 amide bonds. The molecule has 0 N–H and O–H groups in total. The Kier molecular flexibility index (Phi) is 12.0. The van der Waals surface area contributed by atoms with Crippen molar-refractivity contribution >= 4 is 74.3 Å². The molecule has 0 spiro atoms. The zero-order chi connectivity index (χ0) is 64.2. The summed E-state index contributed by atoms with van der Waals surface area (Å²) >= 11 is 0. The SMILES string of the molecule is [2H]C([2H])([2H])c1cc2c3c(c1)N(c1ccc(C(C)(C)C)c4c1C(C)(C)c1ccccc1-4)c1cc(N(c4ccc(C(C)(C)C)cc4C)c4ccc(C(C)(C)C)cc4C)ccc1B3c1cc3c(cc1N2c1ccc2c(c1)C(C)(C)CCC2(C)C)C(C)(C)CCC3(C)C. The fraction of sp³-hybridized carbons (Fsp3) is 0.415. The van der Waals surface area contributed by atoms with E-state index in [2.05, 4.69) is 294 Å². The van der Waals surface area contributed by atoms with Gasteiger partial charge in [0.25, 0.3) is 6.71 Å².